The zero-order valence-electron chi connectivity index (χ0n) is 12.9. The predicted octanol–water partition coefficient (Wildman–Crippen LogP) is 2.63. The average Bonchev–Trinajstić information content (AvgIpc) is 2.57. The van der Waals surface area contributed by atoms with Gasteiger partial charge in [-0.05, 0) is 24.6 Å². The topological polar surface area (TPSA) is 44.0 Å². The number of rotatable bonds is 3. The van der Waals surface area contributed by atoms with Crippen molar-refractivity contribution in [2.45, 2.75) is 13.5 Å². The van der Waals surface area contributed by atoms with Crippen LogP contribution in [0.5, 0.6) is 0 Å². The van der Waals surface area contributed by atoms with Gasteiger partial charge in [0, 0.05) is 18.5 Å². The molecule has 3 rings (SSSR count). The molecule has 0 N–H and O–H groups in total. The van der Waals surface area contributed by atoms with Crippen LogP contribution in [0.3, 0.4) is 0 Å². The van der Waals surface area contributed by atoms with Gasteiger partial charge in [0.15, 0.2) is 11.6 Å². The molecule has 1 heterocycles. The number of aromatic nitrogens is 2. The fraction of sp³-hybridized carbons (Fsp3) is 0.111. The van der Waals surface area contributed by atoms with Crippen LogP contribution in [0.1, 0.15) is 11.1 Å². The Kier molecular flexibility index (Phi) is 4.12. The molecule has 0 aliphatic carbocycles. The van der Waals surface area contributed by atoms with Crippen molar-refractivity contribution >= 4 is 0 Å². The second-order valence-corrected chi connectivity index (χ2v) is 5.49. The van der Waals surface area contributed by atoms with Crippen LogP contribution in [0.4, 0.5) is 8.78 Å². The van der Waals surface area contributed by atoms with E-state index in [-0.39, 0.29) is 12.2 Å². The number of halogens is 2. The maximum atomic E-state index is 13.3. The second-order valence-electron chi connectivity index (χ2n) is 5.49. The number of hydrogen-bond donors (Lipinski definition) is 0. The third kappa shape index (κ3) is 3.03. The van der Waals surface area contributed by atoms with Crippen LogP contribution >= 0.6 is 0 Å². The fourth-order valence-electron chi connectivity index (χ4n) is 2.36. The average molecular weight is 328 g/mol. The molecular weight excluding hydrogens is 314 g/mol. The minimum absolute atomic E-state index is 0.0958. The van der Waals surface area contributed by atoms with E-state index in [1.54, 1.807) is 0 Å². The van der Waals surface area contributed by atoms with E-state index in [4.69, 9.17) is 0 Å². The lowest BCUT2D eigenvalue weighted by molar-refractivity contribution is 0.507. The summed E-state index contributed by atoms with van der Waals surface area (Å²) in [5, 5.41) is 0. The van der Waals surface area contributed by atoms with E-state index < -0.39 is 22.8 Å². The zero-order chi connectivity index (χ0) is 17.3. The van der Waals surface area contributed by atoms with Crippen molar-refractivity contribution in [2.24, 2.45) is 0 Å². The van der Waals surface area contributed by atoms with Gasteiger partial charge in [0.2, 0.25) is 0 Å². The van der Waals surface area contributed by atoms with Crippen molar-refractivity contribution in [3.05, 3.63) is 98.3 Å². The van der Waals surface area contributed by atoms with Crippen LogP contribution in [0.15, 0.2) is 64.4 Å². The summed E-state index contributed by atoms with van der Waals surface area (Å²) >= 11 is 0. The molecule has 0 fully saturated rings. The Balaban J connectivity index is 2.00. The lowest BCUT2D eigenvalue weighted by Gasteiger charge is -2.09. The molecule has 4 nitrogen and oxygen atoms in total. The number of nitrogens with zero attached hydrogens (tertiary/aromatic N) is 2. The first-order valence-corrected chi connectivity index (χ1v) is 7.29. The summed E-state index contributed by atoms with van der Waals surface area (Å²) in [6.45, 7) is 2.21. The van der Waals surface area contributed by atoms with Gasteiger partial charge in [-0.15, -0.1) is 0 Å². The van der Waals surface area contributed by atoms with E-state index in [9.17, 15) is 18.4 Å². The molecule has 1 aromatic heterocycles. The zero-order valence-corrected chi connectivity index (χ0v) is 12.9. The molecule has 122 valence electrons. The van der Waals surface area contributed by atoms with Gasteiger partial charge in [0.1, 0.15) is 0 Å². The van der Waals surface area contributed by atoms with Crippen LogP contribution in [0.2, 0.25) is 0 Å². The Morgan fingerprint density at radius 3 is 2.25 bits per heavy atom. The molecule has 0 aliphatic heterocycles. The van der Waals surface area contributed by atoms with E-state index in [2.05, 4.69) is 0 Å². The molecule has 0 unspecified atom stereocenters. The smallest absolute Gasteiger partial charge is 0.305 e. The summed E-state index contributed by atoms with van der Waals surface area (Å²) in [5.74, 6) is -2.09. The minimum Gasteiger partial charge on any atom is -0.305 e. The van der Waals surface area contributed by atoms with Gasteiger partial charge in [-0.3, -0.25) is 14.2 Å². The lowest BCUT2D eigenvalue weighted by atomic mass is 10.1. The van der Waals surface area contributed by atoms with E-state index in [0.717, 1.165) is 27.8 Å². The Labute approximate surface area is 136 Å². The summed E-state index contributed by atoms with van der Waals surface area (Å²) < 4.78 is 28.6. The third-order valence-corrected chi connectivity index (χ3v) is 3.71. The van der Waals surface area contributed by atoms with Crippen LogP contribution in [0.25, 0.3) is 5.69 Å². The predicted molar refractivity (Wildman–Crippen MR) is 86.5 cm³/mol. The molecule has 0 aliphatic rings. The quantitative estimate of drug-likeness (QED) is 0.694. The van der Waals surface area contributed by atoms with Crippen molar-refractivity contribution in [3.8, 4) is 5.69 Å². The second kappa shape index (κ2) is 6.23. The van der Waals surface area contributed by atoms with E-state index >= 15 is 0 Å². The Hall–Kier alpha value is -3.02. The lowest BCUT2D eigenvalue weighted by Crippen LogP contribution is -2.40. The van der Waals surface area contributed by atoms with E-state index in [1.165, 1.54) is 23.0 Å². The van der Waals surface area contributed by atoms with Gasteiger partial charge in [-0.25, -0.2) is 8.78 Å². The number of hydrogen-bond acceptors (Lipinski definition) is 2. The molecule has 0 spiro atoms. The first-order chi connectivity index (χ1) is 11.5. The Morgan fingerprint density at radius 2 is 1.58 bits per heavy atom. The van der Waals surface area contributed by atoms with E-state index in [0.29, 0.717) is 0 Å². The van der Waals surface area contributed by atoms with Gasteiger partial charge in [-0.2, -0.15) is 0 Å². The molecule has 2 aromatic carbocycles. The normalized spacial score (nSPS) is 10.8. The number of aryl methyl sites for hydroxylation is 1. The van der Waals surface area contributed by atoms with Crippen molar-refractivity contribution in [1.29, 1.82) is 0 Å². The molecule has 0 amide bonds. The maximum Gasteiger partial charge on any atom is 0.320 e. The first-order valence-electron chi connectivity index (χ1n) is 7.29. The maximum absolute atomic E-state index is 13.3. The van der Waals surface area contributed by atoms with Gasteiger partial charge >= 0.3 is 11.1 Å². The van der Waals surface area contributed by atoms with Crippen molar-refractivity contribution in [1.82, 2.24) is 9.13 Å². The van der Waals surface area contributed by atoms with Crippen LogP contribution in [-0.2, 0) is 6.54 Å². The fourth-order valence-corrected chi connectivity index (χ4v) is 2.36. The van der Waals surface area contributed by atoms with Gasteiger partial charge < -0.3 is 4.57 Å². The highest BCUT2D eigenvalue weighted by molar-refractivity contribution is 5.32. The largest absolute Gasteiger partial charge is 0.320 e. The summed E-state index contributed by atoms with van der Waals surface area (Å²) in [7, 11) is 0. The highest BCUT2D eigenvalue weighted by Gasteiger charge is 2.09. The first kappa shape index (κ1) is 15.9. The highest BCUT2D eigenvalue weighted by Crippen LogP contribution is 2.11. The molecule has 0 radical (unpaired) electrons. The molecule has 0 bridgehead atoms. The van der Waals surface area contributed by atoms with Crippen molar-refractivity contribution < 1.29 is 8.78 Å². The minimum atomic E-state index is -1.08. The Morgan fingerprint density at radius 1 is 0.875 bits per heavy atom. The van der Waals surface area contributed by atoms with Gasteiger partial charge in [0.05, 0.1) is 12.2 Å². The van der Waals surface area contributed by atoms with Crippen LogP contribution in [0, 0.1) is 18.6 Å². The molecular formula is C18H14F2N2O2. The monoisotopic (exact) mass is 328 g/mol. The Bertz CT molecular complexity index is 1000. The molecule has 0 saturated heterocycles. The molecule has 0 atom stereocenters. The van der Waals surface area contributed by atoms with Crippen molar-refractivity contribution in [3.63, 3.8) is 0 Å². The van der Waals surface area contributed by atoms with Gasteiger partial charge in [-0.1, -0.05) is 29.8 Å². The highest BCUT2D eigenvalue weighted by atomic mass is 19.2. The van der Waals surface area contributed by atoms with Crippen molar-refractivity contribution in [2.75, 3.05) is 0 Å². The summed E-state index contributed by atoms with van der Waals surface area (Å²) in [6.07, 6.45) is 2.81. The summed E-state index contributed by atoms with van der Waals surface area (Å²) in [6, 6.07) is 10.6. The van der Waals surface area contributed by atoms with Crippen LogP contribution < -0.4 is 11.1 Å². The van der Waals surface area contributed by atoms with Crippen LogP contribution in [-0.4, -0.2) is 9.13 Å². The molecule has 24 heavy (non-hydrogen) atoms. The third-order valence-electron chi connectivity index (χ3n) is 3.71. The molecule has 3 aromatic rings. The molecule has 0 saturated carbocycles. The SMILES string of the molecule is Cc1ccc(Cn2ccn(-c3ccc(F)c(F)c3)c(=O)c2=O)cc1. The summed E-state index contributed by atoms with van der Waals surface area (Å²) in [4.78, 5) is 24.5. The number of benzene rings is 2. The van der Waals surface area contributed by atoms with E-state index in [1.807, 2.05) is 31.2 Å². The van der Waals surface area contributed by atoms with Gasteiger partial charge in [0.25, 0.3) is 0 Å². The standard InChI is InChI=1S/C18H14F2N2O2/c1-12-2-4-13(5-3-12)11-21-8-9-22(18(24)17(21)23)14-6-7-15(19)16(20)10-14/h2-10H,11H2,1H3. The summed E-state index contributed by atoms with van der Waals surface area (Å²) in [5.41, 5.74) is 0.518. The molecule has 6 heteroatoms.